The lowest BCUT2D eigenvalue weighted by atomic mass is 10.0. The Morgan fingerprint density at radius 2 is 2.06 bits per heavy atom. The molecule has 0 bridgehead atoms. The minimum Gasteiger partial charge on any atom is -0.454 e. The first-order valence-electron chi connectivity index (χ1n) is 5.22. The van der Waals surface area contributed by atoms with Gasteiger partial charge in [-0.2, -0.15) is 0 Å². The van der Waals surface area contributed by atoms with Crippen LogP contribution in [-0.2, 0) is 16.0 Å². The van der Waals surface area contributed by atoms with Crippen LogP contribution in [0.4, 0.5) is 0 Å². The number of cyclic esters (lactones) is 1. The second kappa shape index (κ2) is 3.66. The standard InChI is InChI=1S/C13H10O4/c1-8-10(6-13(14)17-8)4-9-2-3-11-12(5-9)16-7-15-11/h2-3,5-6H,1,4,7H2. The van der Waals surface area contributed by atoms with E-state index < -0.39 is 0 Å². The van der Waals surface area contributed by atoms with Crippen molar-refractivity contribution in [3.63, 3.8) is 0 Å². The molecule has 4 nitrogen and oxygen atoms in total. The molecule has 2 heterocycles. The topological polar surface area (TPSA) is 44.8 Å². The van der Waals surface area contributed by atoms with Crippen molar-refractivity contribution in [2.24, 2.45) is 0 Å². The monoisotopic (exact) mass is 230 g/mol. The molecule has 0 aromatic heterocycles. The number of allylic oxidation sites excluding steroid dienone is 1. The lowest BCUT2D eigenvalue weighted by Crippen LogP contribution is -1.93. The van der Waals surface area contributed by atoms with Gasteiger partial charge >= 0.3 is 5.97 Å². The van der Waals surface area contributed by atoms with Crippen molar-refractivity contribution in [2.45, 2.75) is 6.42 Å². The van der Waals surface area contributed by atoms with Crippen LogP contribution < -0.4 is 9.47 Å². The van der Waals surface area contributed by atoms with E-state index in [4.69, 9.17) is 14.2 Å². The summed E-state index contributed by atoms with van der Waals surface area (Å²) < 4.78 is 15.4. The average molecular weight is 230 g/mol. The molecule has 0 spiro atoms. The lowest BCUT2D eigenvalue weighted by molar-refractivity contribution is -0.132. The number of carbonyl (C=O) groups excluding carboxylic acids is 1. The third-order valence-electron chi connectivity index (χ3n) is 2.71. The molecule has 3 rings (SSSR count). The maximum absolute atomic E-state index is 11.0. The van der Waals surface area contributed by atoms with Gasteiger partial charge in [-0.05, 0) is 17.7 Å². The summed E-state index contributed by atoms with van der Waals surface area (Å²) in [4.78, 5) is 11.0. The van der Waals surface area contributed by atoms with Gasteiger partial charge in [-0.15, -0.1) is 0 Å². The predicted octanol–water partition coefficient (Wildman–Crippen LogP) is 1.95. The number of benzene rings is 1. The summed E-state index contributed by atoms with van der Waals surface area (Å²) in [7, 11) is 0. The number of hydrogen-bond donors (Lipinski definition) is 0. The van der Waals surface area contributed by atoms with Gasteiger partial charge in [0.2, 0.25) is 6.79 Å². The van der Waals surface area contributed by atoms with Crippen LogP contribution in [-0.4, -0.2) is 12.8 Å². The van der Waals surface area contributed by atoms with Crippen molar-refractivity contribution >= 4 is 5.97 Å². The molecular weight excluding hydrogens is 220 g/mol. The van der Waals surface area contributed by atoms with Crippen LogP contribution in [0.1, 0.15) is 5.56 Å². The molecule has 0 atom stereocenters. The molecule has 0 amide bonds. The Hall–Kier alpha value is -2.23. The number of carbonyl (C=O) groups is 1. The highest BCUT2D eigenvalue weighted by atomic mass is 16.7. The Balaban J connectivity index is 1.84. The first kappa shape index (κ1) is 9.96. The number of fused-ring (bicyclic) bond motifs is 1. The van der Waals surface area contributed by atoms with Gasteiger partial charge in [-0.25, -0.2) is 4.79 Å². The maximum atomic E-state index is 11.0. The Morgan fingerprint density at radius 1 is 1.24 bits per heavy atom. The zero-order valence-electron chi connectivity index (χ0n) is 9.06. The van der Waals surface area contributed by atoms with Crippen LogP contribution >= 0.6 is 0 Å². The first-order chi connectivity index (χ1) is 8.22. The van der Waals surface area contributed by atoms with E-state index in [2.05, 4.69) is 6.58 Å². The molecule has 0 saturated heterocycles. The van der Waals surface area contributed by atoms with Crippen LogP contribution in [0.15, 0.2) is 42.2 Å². The van der Waals surface area contributed by atoms with E-state index in [0.717, 1.165) is 22.6 Å². The molecule has 0 fully saturated rings. The first-order valence-corrected chi connectivity index (χ1v) is 5.22. The second-order valence-electron chi connectivity index (χ2n) is 3.88. The van der Waals surface area contributed by atoms with E-state index >= 15 is 0 Å². The van der Waals surface area contributed by atoms with Crippen LogP contribution in [0, 0.1) is 0 Å². The Morgan fingerprint density at radius 3 is 2.82 bits per heavy atom. The molecule has 2 aliphatic heterocycles. The van der Waals surface area contributed by atoms with E-state index in [1.165, 1.54) is 6.08 Å². The average Bonchev–Trinajstić information content (AvgIpc) is 2.85. The molecular formula is C13H10O4. The number of esters is 1. The van der Waals surface area contributed by atoms with Gasteiger partial charge in [0.15, 0.2) is 11.5 Å². The van der Waals surface area contributed by atoms with Crippen molar-refractivity contribution < 1.29 is 19.0 Å². The second-order valence-corrected chi connectivity index (χ2v) is 3.88. The van der Waals surface area contributed by atoms with Crippen molar-refractivity contribution in [2.75, 3.05) is 6.79 Å². The Labute approximate surface area is 98.1 Å². The van der Waals surface area contributed by atoms with Gasteiger partial charge < -0.3 is 14.2 Å². The Kier molecular flexibility index (Phi) is 2.14. The molecule has 17 heavy (non-hydrogen) atoms. The van der Waals surface area contributed by atoms with E-state index in [-0.39, 0.29) is 12.8 Å². The molecule has 86 valence electrons. The Bertz CT molecular complexity index is 542. The summed E-state index contributed by atoms with van der Waals surface area (Å²) >= 11 is 0. The molecule has 0 saturated carbocycles. The van der Waals surface area contributed by atoms with Crippen LogP contribution in [0.2, 0.25) is 0 Å². The van der Waals surface area contributed by atoms with Crippen molar-refractivity contribution in [3.05, 3.63) is 47.7 Å². The highest BCUT2D eigenvalue weighted by molar-refractivity contribution is 5.88. The van der Waals surface area contributed by atoms with E-state index in [9.17, 15) is 4.79 Å². The molecule has 0 N–H and O–H groups in total. The molecule has 1 aromatic rings. The van der Waals surface area contributed by atoms with Gasteiger partial charge in [0.1, 0.15) is 5.76 Å². The highest BCUT2D eigenvalue weighted by Gasteiger charge is 2.19. The summed E-state index contributed by atoms with van der Waals surface area (Å²) in [6, 6.07) is 5.70. The molecule has 2 aliphatic rings. The van der Waals surface area contributed by atoms with Gasteiger partial charge in [-0.3, -0.25) is 0 Å². The van der Waals surface area contributed by atoms with Crippen LogP contribution in [0.5, 0.6) is 11.5 Å². The quantitative estimate of drug-likeness (QED) is 0.728. The van der Waals surface area contributed by atoms with Crippen molar-refractivity contribution in [1.82, 2.24) is 0 Å². The lowest BCUT2D eigenvalue weighted by Gasteiger charge is -2.04. The van der Waals surface area contributed by atoms with Crippen LogP contribution in [0.3, 0.4) is 0 Å². The SMILES string of the molecule is C=C1OC(=O)C=C1Cc1ccc2c(c1)OCO2. The molecule has 1 aromatic carbocycles. The third kappa shape index (κ3) is 1.78. The summed E-state index contributed by atoms with van der Waals surface area (Å²) in [5.74, 6) is 1.55. The van der Waals surface area contributed by atoms with E-state index in [1.807, 2.05) is 18.2 Å². The zero-order chi connectivity index (χ0) is 11.8. The molecule has 0 radical (unpaired) electrons. The summed E-state index contributed by atoms with van der Waals surface area (Å²) in [6.07, 6.45) is 2.06. The largest absolute Gasteiger partial charge is 0.454 e. The predicted molar refractivity (Wildman–Crippen MR) is 59.6 cm³/mol. The fourth-order valence-electron chi connectivity index (χ4n) is 1.86. The fraction of sp³-hybridized carbons (Fsp3) is 0.154. The summed E-state index contributed by atoms with van der Waals surface area (Å²) in [5, 5.41) is 0. The van der Waals surface area contributed by atoms with Gasteiger partial charge in [0, 0.05) is 18.1 Å². The van der Waals surface area contributed by atoms with Gasteiger partial charge in [0.25, 0.3) is 0 Å². The highest BCUT2D eigenvalue weighted by Crippen LogP contribution is 2.33. The summed E-state index contributed by atoms with van der Waals surface area (Å²) in [5.41, 5.74) is 1.83. The minimum absolute atomic E-state index is 0.260. The van der Waals surface area contributed by atoms with Gasteiger partial charge in [0.05, 0.1) is 0 Å². The van der Waals surface area contributed by atoms with E-state index in [0.29, 0.717) is 12.2 Å². The number of rotatable bonds is 2. The van der Waals surface area contributed by atoms with Crippen molar-refractivity contribution in [1.29, 1.82) is 0 Å². The normalized spacial score (nSPS) is 17.1. The number of hydrogen-bond acceptors (Lipinski definition) is 4. The maximum Gasteiger partial charge on any atom is 0.336 e. The van der Waals surface area contributed by atoms with Crippen LogP contribution in [0.25, 0.3) is 0 Å². The third-order valence-corrected chi connectivity index (χ3v) is 2.71. The van der Waals surface area contributed by atoms with Crippen molar-refractivity contribution in [3.8, 4) is 11.5 Å². The fourth-order valence-corrected chi connectivity index (χ4v) is 1.86. The zero-order valence-corrected chi connectivity index (χ0v) is 9.06. The summed E-state index contributed by atoms with van der Waals surface area (Å²) in [6.45, 7) is 3.95. The molecule has 0 unspecified atom stereocenters. The minimum atomic E-state index is -0.356. The molecule has 4 heteroatoms. The smallest absolute Gasteiger partial charge is 0.336 e. The van der Waals surface area contributed by atoms with E-state index in [1.54, 1.807) is 0 Å². The molecule has 0 aliphatic carbocycles. The number of ether oxygens (including phenoxy) is 3. The van der Waals surface area contributed by atoms with Gasteiger partial charge in [-0.1, -0.05) is 12.6 Å².